The zero-order chi connectivity index (χ0) is 14.9. The number of halogens is 2. The minimum absolute atomic E-state index is 0.0117. The van der Waals surface area contributed by atoms with Crippen molar-refractivity contribution >= 4 is 39.7 Å². The standard InChI is InChI=1S/C13H12ClFN2O2S/c1-13(2,11(18)19)9-6-20-12(17-9)16-8-5-3-4-7(14)10(8)15/h3-6H,1-2H3,(H,16,17)(H,18,19). The molecule has 0 spiro atoms. The Kier molecular flexibility index (Phi) is 3.96. The number of benzene rings is 1. The molecule has 2 N–H and O–H groups in total. The Balaban J connectivity index is 2.26. The molecule has 1 aromatic heterocycles. The van der Waals surface area contributed by atoms with E-state index < -0.39 is 17.2 Å². The van der Waals surface area contributed by atoms with E-state index in [1.165, 1.54) is 23.5 Å². The van der Waals surface area contributed by atoms with Gasteiger partial charge in [0.25, 0.3) is 0 Å². The summed E-state index contributed by atoms with van der Waals surface area (Å²) in [6.07, 6.45) is 0. The van der Waals surface area contributed by atoms with Crippen LogP contribution in [0.25, 0.3) is 0 Å². The molecule has 1 heterocycles. The molecule has 4 nitrogen and oxygen atoms in total. The van der Waals surface area contributed by atoms with Crippen molar-refractivity contribution in [2.24, 2.45) is 0 Å². The van der Waals surface area contributed by atoms with Gasteiger partial charge in [-0.05, 0) is 26.0 Å². The van der Waals surface area contributed by atoms with E-state index in [0.717, 1.165) is 0 Å². The van der Waals surface area contributed by atoms with Gasteiger partial charge in [-0.3, -0.25) is 4.79 Å². The van der Waals surface area contributed by atoms with Crippen LogP contribution >= 0.6 is 22.9 Å². The second-order valence-electron chi connectivity index (χ2n) is 4.69. The van der Waals surface area contributed by atoms with Gasteiger partial charge < -0.3 is 10.4 Å². The molecule has 2 aromatic rings. The first-order chi connectivity index (χ1) is 9.32. The number of rotatable bonds is 4. The number of carboxylic acids is 1. The second-order valence-corrected chi connectivity index (χ2v) is 5.96. The average Bonchev–Trinajstić information content (AvgIpc) is 2.84. The fourth-order valence-electron chi connectivity index (χ4n) is 1.44. The van der Waals surface area contributed by atoms with Gasteiger partial charge in [-0.1, -0.05) is 17.7 Å². The molecule has 0 bridgehead atoms. The van der Waals surface area contributed by atoms with Gasteiger partial charge in [0.05, 0.1) is 16.4 Å². The number of carboxylic acid groups (broad SMARTS) is 1. The first kappa shape index (κ1) is 14.7. The first-order valence-electron chi connectivity index (χ1n) is 5.73. The smallest absolute Gasteiger partial charge is 0.315 e. The van der Waals surface area contributed by atoms with Crippen molar-refractivity contribution in [3.05, 3.63) is 40.1 Å². The Morgan fingerprint density at radius 2 is 2.20 bits per heavy atom. The maximum Gasteiger partial charge on any atom is 0.315 e. The quantitative estimate of drug-likeness (QED) is 0.894. The monoisotopic (exact) mass is 314 g/mol. The van der Waals surface area contributed by atoms with E-state index in [0.29, 0.717) is 10.8 Å². The van der Waals surface area contributed by atoms with Crippen LogP contribution in [0.2, 0.25) is 5.02 Å². The van der Waals surface area contributed by atoms with Crippen LogP contribution in [0.5, 0.6) is 0 Å². The van der Waals surface area contributed by atoms with Crippen molar-refractivity contribution < 1.29 is 14.3 Å². The van der Waals surface area contributed by atoms with Crippen molar-refractivity contribution in [3.63, 3.8) is 0 Å². The van der Waals surface area contributed by atoms with Crippen molar-refractivity contribution in [1.29, 1.82) is 0 Å². The van der Waals surface area contributed by atoms with Gasteiger partial charge in [0.15, 0.2) is 10.9 Å². The zero-order valence-corrected chi connectivity index (χ0v) is 12.3. The van der Waals surface area contributed by atoms with Gasteiger partial charge in [-0.2, -0.15) is 0 Å². The molecule has 2 rings (SSSR count). The van der Waals surface area contributed by atoms with Crippen molar-refractivity contribution in [2.75, 3.05) is 5.32 Å². The largest absolute Gasteiger partial charge is 0.481 e. The molecule has 106 valence electrons. The van der Waals surface area contributed by atoms with E-state index in [1.54, 1.807) is 25.3 Å². The summed E-state index contributed by atoms with van der Waals surface area (Å²) in [5.41, 5.74) is -0.477. The molecule has 0 amide bonds. The number of nitrogens with one attached hydrogen (secondary N) is 1. The second kappa shape index (κ2) is 5.38. The highest BCUT2D eigenvalue weighted by atomic mass is 35.5. The summed E-state index contributed by atoms with van der Waals surface area (Å²) in [7, 11) is 0. The zero-order valence-electron chi connectivity index (χ0n) is 10.8. The Morgan fingerprint density at radius 3 is 2.85 bits per heavy atom. The topological polar surface area (TPSA) is 62.2 Å². The SMILES string of the molecule is CC(C)(C(=O)O)c1csc(Nc2cccc(Cl)c2F)n1. The molecular weight excluding hydrogens is 303 g/mol. The summed E-state index contributed by atoms with van der Waals surface area (Å²) in [5, 5.41) is 14.0. The van der Waals surface area contributed by atoms with Gasteiger partial charge >= 0.3 is 5.97 Å². The van der Waals surface area contributed by atoms with E-state index in [9.17, 15) is 9.18 Å². The van der Waals surface area contributed by atoms with Crippen LogP contribution in [0.1, 0.15) is 19.5 Å². The maximum atomic E-state index is 13.7. The predicted octanol–water partition coefficient (Wildman–Crippen LogP) is 4.04. The minimum Gasteiger partial charge on any atom is -0.481 e. The molecule has 0 unspecified atom stereocenters. The van der Waals surface area contributed by atoms with Crippen molar-refractivity contribution in [3.8, 4) is 0 Å². The summed E-state index contributed by atoms with van der Waals surface area (Å²) in [6.45, 7) is 3.13. The average molecular weight is 315 g/mol. The lowest BCUT2D eigenvalue weighted by Gasteiger charge is -2.15. The molecule has 0 saturated heterocycles. The van der Waals surface area contributed by atoms with E-state index in [4.69, 9.17) is 16.7 Å². The lowest BCUT2D eigenvalue weighted by molar-refractivity contribution is -0.142. The summed E-state index contributed by atoms with van der Waals surface area (Å²) >= 11 is 6.90. The van der Waals surface area contributed by atoms with Crippen LogP contribution in [0, 0.1) is 5.82 Å². The lowest BCUT2D eigenvalue weighted by Crippen LogP contribution is -2.28. The van der Waals surface area contributed by atoms with Crippen molar-refractivity contribution in [1.82, 2.24) is 4.98 Å². The van der Waals surface area contributed by atoms with Crippen LogP contribution in [-0.2, 0) is 10.2 Å². The van der Waals surface area contributed by atoms with E-state index in [2.05, 4.69) is 10.3 Å². The molecule has 7 heteroatoms. The third-order valence-electron chi connectivity index (χ3n) is 2.87. The number of hydrogen-bond donors (Lipinski definition) is 2. The minimum atomic E-state index is -1.09. The van der Waals surface area contributed by atoms with Crippen LogP contribution in [0.3, 0.4) is 0 Å². The van der Waals surface area contributed by atoms with Crippen LogP contribution < -0.4 is 5.32 Å². The van der Waals surface area contributed by atoms with E-state index in [-0.39, 0.29) is 10.7 Å². The lowest BCUT2D eigenvalue weighted by atomic mass is 9.90. The fourth-order valence-corrected chi connectivity index (χ4v) is 2.51. The number of anilines is 2. The summed E-state index contributed by atoms with van der Waals surface area (Å²) in [4.78, 5) is 15.3. The Bertz CT molecular complexity index is 658. The van der Waals surface area contributed by atoms with E-state index >= 15 is 0 Å². The third kappa shape index (κ3) is 2.76. The van der Waals surface area contributed by atoms with Crippen LogP contribution in [0.15, 0.2) is 23.6 Å². The van der Waals surface area contributed by atoms with Crippen LogP contribution in [0.4, 0.5) is 15.2 Å². The Labute approximate surface area is 124 Å². The predicted molar refractivity (Wildman–Crippen MR) is 77.5 cm³/mol. The molecule has 0 radical (unpaired) electrons. The number of aliphatic carboxylic acids is 1. The van der Waals surface area contributed by atoms with E-state index in [1.807, 2.05) is 0 Å². The summed E-state index contributed by atoms with van der Waals surface area (Å²) < 4.78 is 13.7. The van der Waals surface area contributed by atoms with Gasteiger partial charge in [-0.15, -0.1) is 11.3 Å². The molecular formula is C13H12ClFN2O2S. The van der Waals surface area contributed by atoms with Gasteiger partial charge in [0.2, 0.25) is 0 Å². The number of hydrogen-bond acceptors (Lipinski definition) is 4. The molecule has 0 fully saturated rings. The normalized spacial score (nSPS) is 11.4. The van der Waals surface area contributed by atoms with Crippen molar-refractivity contribution in [2.45, 2.75) is 19.3 Å². The highest BCUT2D eigenvalue weighted by molar-refractivity contribution is 7.13. The highest BCUT2D eigenvalue weighted by Gasteiger charge is 2.32. The molecule has 0 atom stereocenters. The number of aromatic nitrogens is 1. The Morgan fingerprint density at radius 1 is 1.50 bits per heavy atom. The van der Waals surface area contributed by atoms with Gasteiger partial charge in [0, 0.05) is 5.38 Å². The van der Waals surface area contributed by atoms with Gasteiger partial charge in [0.1, 0.15) is 5.41 Å². The molecule has 0 aliphatic rings. The molecule has 20 heavy (non-hydrogen) atoms. The molecule has 0 aliphatic carbocycles. The summed E-state index contributed by atoms with van der Waals surface area (Å²) in [6, 6.07) is 4.59. The highest BCUT2D eigenvalue weighted by Crippen LogP contribution is 2.30. The number of carbonyl (C=O) groups is 1. The van der Waals surface area contributed by atoms with Gasteiger partial charge in [-0.25, -0.2) is 9.37 Å². The molecule has 0 saturated carbocycles. The number of thiazole rings is 1. The maximum absolute atomic E-state index is 13.7. The molecule has 0 aliphatic heterocycles. The Hall–Kier alpha value is -1.66. The molecule has 1 aromatic carbocycles. The fraction of sp³-hybridized carbons (Fsp3) is 0.231. The third-order valence-corrected chi connectivity index (χ3v) is 3.92. The number of nitrogens with zero attached hydrogens (tertiary/aromatic N) is 1. The first-order valence-corrected chi connectivity index (χ1v) is 6.98. The summed E-state index contributed by atoms with van der Waals surface area (Å²) in [5.74, 6) is -1.54. The van der Waals surface area contributed by atoms with Crippen LogP contribution in [-0.4, -0.2) is 16.1 Å².